The van der Waals surface area contributed by atoms with Gasteiger partial charge in [0.2, 0.25) is 5.91 Å². The van der Waals surface area contributed by atoms with Gasteiger partial charge in [0.1, 0.15) is 6.61 Å². The van der Waals surface area contributed by atoms with Gasteiger partial charge in [0.15, 0.2) is 5.03 Å². The molecule has 1 spiro atoms. The average Bonchev–Trinajstić information content (AvgIpc) is 3.71. The van der Waals surface area contributed by atoms with Gasteiger partial charge in [0.05, 0.1) is 17.7 Å². The van der Waals surface area contributed by atoms with Crippen LogP contribution in [0.25, 0.3) is 22.0 Å². The fourth-order valence-electron chi connectivity index (χ4n) is 4.98. The average molecular weight is 479 g/mol. The van der Waals surface area contributed by atoms with E-state index < -0.39 is 15.6 Å². The molecule has 1 aliphatic carbocycles. The van der Waals surface area contributed by atoms with E-state index in [4.69, 9.17) is 4.74 Å². The zero-order valence-corrected chi connectivity index (χ0v) is 19.6. The number of carbonyl (C=O) groups is 1. The third-order valence-electron chi connectivity index (χ3n) is 7.18. The van der Waals surface area contributed by atoms with E-state index in [1.807, 2.05) is 35.2 Å². The van der Waals surface area contributed by atoms with Gasteiger partial charge in [-0.25, -0.2) is 13.4 Å². The lowest BCUT2D eigenvalue weighted by atomic mass is 9.90. The van der Waals surface area contributed by atoms with Gasteiger partial charge in [0.25, 0.3) is 10.0 Å². The van der Waals surface area contributed by atoms with Gasteiger partial charge in [0, 0.05) is 42.5 Å². The summed E-state index contributed by atoms with van der Waals surface area (Å²) in [6.45, 7) is 1.37. The predicted molar refractivity (Wildman–Crippen MR) is 126 cm³/mol. The van der Waals surface area contributed by atoms with Crippen LogP contribution in [-0.2, 0) is 19.6 Å². The van der Waals surface area contributed by atoms with Crippen molar-refractivity contribution in [1.82, 2.24) is 19.2 Å². The predicted octanol–water partition coefficient (Wildman–Crippen LogP) is 2.84. The topological polar surface area (TPSA) is 92.7 Å². The van der Waals surface area contributed by atoms with Crippen molar-refractivity contribution in [2.45, 2.75) is 42.4 Å². The van der Waals surface area contributed by atoms with Crippen LogP contribution in [-0.4, -0.2) is 71.4 Å². The second kappa shape index (κ2) is 8.11. The molecule has 3 fully saturated rings. The molecule has 176 valence electrons. The number of fused-ring (bicyclic) bond motifs is 1. The lowest BCUT2D eigenvalue weighted by Gasteiger charge is -2.46. The minimum atomic E-state index is -3.71. The number of carbonyl (C=O) groups excluding carboxylic acids is 1. The second-order valence-electron chi connectivity index (χ2n) is 9.42. The van der Waals surface area contributed by atoms with Crippen molar-refractivity contribution in [3.05, 3.63) is 54.9 Å². The number of amides is 1. The Labute approximate surface area is 198 Å². The SMILES string of the molecule is O=C1COC2(CCN(S(=O)(=O)c3ccc(-c4ccc5cccnc5c4)cn3)CC2)CN1C1CC1. The number of aromatic nitrogens is 2. The van der Waals surface area contributed by atoms with Crippen LogP contribution in [0.4, 0.5) is 0 Å². The highest BCUT2D eigenvalue weighted by atomic mass is 32.2. The molecule has 0 bridgehead atoms. The van der Waals surface area contributed by atoms with E-state index >= 15 is 0 Å². The summed E-state index contributed by atoms with van der Waals surface area (Å²) in [5, 5.41) is 1.10. The number of hydrogen-bond donors (Lipinski definition) is 0. The molecule has 0 radical (unpaired) electrons. The highest BCUT2D eigenvalue weighted by Crippen LogP contribution is 2.37. The number of ether oxygens (including phenoxy) is 1. The summed E-state index contributed by atoms with van der Waals surface area (Å²) in [5.41, 5.74) is 2.21. The molecule has 9 heteroatoms. The minimum absolute atomic E-state index is 0.0467. The lowest BCUT2D eigenvalue weighted by Crippen LogP contribution is -2.59. The molecule has 1 amide bonds. The van der Waals surface area contributed by atoms with Crippen molar-refractivity contribution in [2.24, 2.45) is 0 Å². The molecule has 0 unspecified atom stereocenters. The first-order valence-corrected chi connectivity index (χ1v) is 13.1. The molecule has 0 atom stereocenters. The van der Waals surface area contributed by atoms with Crippen LogP contribution in [0.15, 0.2) is 59.9 Å². The fraction of sp³-hybridized carbons (Fsp3) is 0.400. The smallest absolute Gasteiger partial charge is 0.260 e. The molecule has 1 saturated carbocycles. The van der Waals surface area contributed by atoms with E-state index in [9.17, 15) is 13.2 Å². The Bertz CT molecular complexity index is 1350. The Hall–Kier alpha value is -2.88. The Morgan fingerprint density at radius 1 is 1.00 bits per heavy atom. The van der Waals surface area contributed by atoms with Gasteiger partial charge >= 0.3 is 0 Å². The number of sulfonamides is 1. The number of nitrogens with zero attached hydrogens (tertiary/aromatic N) is 4. The molecule has 2 aliphatic heterocycles. The summed E-state index contributed by atoms with van der Waals surface area (Å²) < 4.78 is 34.0. The van der Waals surface area contributed by atoms with Crippen LogP contribution in [0.2, 0.25) is 0 Å². The number of morpholine rings is 1. The summed E-state index contributed by atoms with van der Waals surface area (Å²) in [6, 6.07) is 13.6. The molecule has 0 N–H and O–H groups in total. The molecule has 3 aromatic rings. The van der Waals surface area contributed by atoms with E-state index in [1.54, 1.807) is 24.5 Å². The molecule has 3 aliphatic rings. The van der Waals surface area contributed by atoms with E-state index in [0.29, 0.717) is 38.5 Å². The van der Waals surface area contributed by atoms with Crippen LogP contribution in [0.5, 0.6) is 0 Å². The maximum absolute atomic E-state index is 13.3. The standard InChI is InChI=1S/C25H26N4O4S/c30-24-16-33-25(17-29(24)21-6-7-21)9-12-28(13-10-25)34(31,32)23-8-5-20(15-27-23)19-4-3-18-2-1-11-26-22(18)14-19/h1-5,8,11,14-15,21H,6-7,9-10,12-13,16-17H2. The monoisotopic (exact) mass is 478 g/mol. The number of hydrogen-bond acceptors (Lipinski definition) is 6. The van der Waals surface area contributed by atoms with E-state index in [0.717, 1.165) is 34.9 Å². The summed E-state index contributed by atoms with van der Waals surface area (Å²) in [4.78, 5) is 22.8. The molecular weight excluding hydrogens is 452 g/mol. The summed E-state index contributed by atoms with van der Waals surface area (Å²) in [6.07, 6.45) is 6.61. The first-order valence-electron chi connectivity index (χ1n) is 11.7. The first kappa shape index (κ1) is 21.6. The normalized spacial score (nSPS) is 21.3. The summed E-state index contributed by atoms with van der Waals surface area (Å²) >= 11 is 0. The molecule has 8 nitrogen and oxygen atoms in total. The first-order chi connectivity index (χ1) is 16.4. The number of piperidine rings is 1. The van der Waals surface area contributed by atoms with Crippen molar-refractivity contribution in [3.8, 4) is 11.1 Å². The van der Waals surface area contributed by atoms with Crippen LogP contribution in [0.3, 0.4) is 0 Å². The van der Waals surface area contributed by atoms with Crippen molar-refractivity contribution < 1.29 is 17.9 Å². The fourth-order valence-corrected chi connectivity index (χ4v) is 6.33. The van der Waals surface area contributed by atoms with Crippen molar-refractivity contribution in [2.75, 3.05) is 26.2 Å². The zero-order chi connectivity index (χ0) is 23.3. The van der Waals surface area contributed by atoms with E-state index in [2.05, 4.69) is 9.97 Å². The van der Waals surface area contributed by atoms with E-state index in [-0.39, 0.29) is 17.5 Å². The van der Waals surface area contributed by atoms with Gasteiger partial charge in [-0.15, -0.1) is 0 Å². The quantitative estimate of drug-likeness (QED) is 0.573. The maximum Gasteiger partial charge on any atom is 0.260 e. The molecule has 4 heterocycles. The zero-order valence-electron chi connectivity index (χ0n) is 18.8. The maximum atomic E-state index is 13.3. The van der Waals surface area contributed by atoms with Gasteiger partial charge < -0.3 is 9.64 Å². The van der Waals surface area contributed by atoms with Crippen LogP contribution in [0.1, 0.15) is 25.7 Å². The van der Waals surface area contributed by atoms with Crippen LogP contribution in [0, 0.1) is 0 Å². The Morgan fingerprint density at radius 3 is 2.53 bits per heavy atom. The number of pyridine rings is 2. The molecule has 6 rings (SSSR count). The third-order valence-corrected chi connectivity index (χ3v) is 9.00. The molecule has 2 saturated heterocycles. The Morgan fingerprint density at radius 2 is 1.79 bits per heavy atom. The Kier molecular flexibility index (Phi) is 5.16. The summed E-state index contributed by atoms with van der Waals surface area (Å²) in [5.74, 6) is 0.0506. The molecular formula is C25H26N4O4S. The van der Waals surface area contributed by atoms with Crippen molar-refractivity contribution in [3.63, 3.8) is 0 Å². The largest absolute Gasteiger partial charge is 0.363 e. The van der Waals surface area contributed by atoms with E-state index in [1.165, 1.54) is 4.31 Å². The number of benzene rings is 1. The van der Waals surface area contributed by atoms with Crippen LogP contribution >= 0.6 is 0 Å². The Balaban J connectivity index is 1.16. The van der Waals surface area contributed by atoms with Gasteiger partial charge in [-0.05, 0) is 55.5 Å². The highest BCUT2D eigenvalue weighted by molar-refractivity contribution is 7.89. The number of rotatable bonds is 4. The lowest BCUT2D eigenvalue weighted by molar-refractivity contribution is -0.170. The van der Waals surface area contributed by atoms with Gasteiger partial charge in [-0.3, -0.25) is 9.78 Å². The van der Waals surface area contributed by atoms with Gasteiger partial charge in [-0.1, -0.05) is 18.2 Å². The molecule has 34 heavy (non-hydrogen) atoms. The van der Waals surface area contributed by atoms with Gasteiger partial charge in [-0.2, -0.15) is 4.31 Å². The van der Waals surface area contributed by atoms with Crippen molar-refractivity contribution in [1.29, 1.82) is 0 Å². The van der Waals surface area contributed by atoms with Crippen LogP contribution < -0.4 is 0 Å². The third kappa shape index (κ3) is 3.87. The minimum Gasteiger partial charge on any atom is -0.363 e. The van der Waals surface area contributed by atoms with Crippen molar-refractivity contribution >= 4 is 26.8 Å². The molecule has 1 aromatic carbocycles. The molecule has 2 aromatic heterocycles. The second-order valence-corrected chi connectivity index (χ2v) is 11.3. The summed E-state index contributed by atoms with van der Waals surface area (Å²) in [7, 11) is -3.71. The highest BCUT2D eigenvalue weighted by Gasteiger charge is 2.47.